The Kier molecular flexibility index (Phi) is 7.80. The number of hydrogen-bond acceptors (Lipinski definition) is 6. The lowest BCUT2D eigenvalue weighted by Gasteiger charge is -2.43. The van der Waals surface area contributed by atoms with Gasteiger partial charge in [-0.3, -0.25) is 19.0 Å². The van der Waals surface area contributed by atoms with E-state index in [4.69, 9.17) is 14.6 Å². The number of piperidine rings is 1. The van der Waals surface area contributed by atoms with Gasteiger partial charge < -0.3 is 19.6 Å². The van der Waals surface area contributed by atoms with E-state index in [2.05, 4.69) is 15.1 Å². The van der Waals surface area contributed by atoms with E-state index in [1.54, 1.807) is 9.36 Å². The van der Waals surface area contributed by atoms with Gasteiger partial charge in [0.2, 0.25) is 0 Å². The molecule has 2 fully saturated rings. The van der Waals surface area contributed by atoms with Gasteiger partial charge in [0.25, 0.3) is 12.4 Å². The number of likely N-dealkylation sites (tertiary alicyclic amines) is 1. The minimum absolute atomic E-state index is 0.0198. The molecule has 0 saturated carbocycles. The van der Waals surface area contributed by atoms with Crippen LogP contribution in [0.1, 0.15) is 46.9 Å². The van der Waals surface area contributed by atoms with E-state index in [0.717, 1.165) is 30.9 Å². The first-order valence-electron chi connectivity index (χ1n) is 10.7. The maximum atomic E-state index is 13.4. The summed E-state index contributed by atoms with van der Waals surface area (Å²) in [7, 11) is 3.76. The van der Waals surface area contributed by atoms with Crippen molar-refractivity contribution in [2.75, 3.05) is 32.8 Å². The van der Waals surface area contributed by atoms with Gasteiger partial charge in [-0.1, -0.05) is 6.42 Å². The van der Waals surface area contributed by atoms with E-state index in [1.807, 2.05) is 44.5 Å². The van der Waals surface area contributed by atoms with Crippen LogP contribution in [0.2, 0.25) is 0 Å². The summed E-state index contributed by atoms with van der Waals surface area (Å²) in [5, 5.41) is 15.6. The summed E-state index contributed by atoms with van der Waals surface area (Å²) in [6.07, 6.45) is 9.39. The van der Waals surface area contributed by atoms with Crippen LogP contribution in [-0.4, -0.2) is 85.7 Å². The van der Waals surface area contributed by atoms with Crippen LogP contribution in [0.3, 0.4) is 0 Å². The molecule has 170 valence electrons. The summed E-state index contributed by atoms with van der Waals surface area (Å²) in [4.78, 5) is 26.2. The Morgan fingerprint density at radius 1 is 1.19 bits per heavy atom. The van der Waals surface area contributed by atoms with Gasteiger partial charge in [-0.25, -0.2) is 0 Å². The van der Waals surface area contributed by atoms with Gasteiger partial charge in [-0.05, 0) is 32.9 Å². The average molecular weight is 433 g/mol. The molecule has 0 aliphatic carbocycles. The third-order valence-electron chi connectivity index (χ3n) is 5.81. The third kappa shape index (κ3) is 5.50. The minimum atomic E-state index is -0.250. The Balaban J connectivity index is 0.000000858. The highest BCUT2D eigenvalue weighted by molar-refractivity contribution is 5.95. The van der Waals surface area contributed by atoms with Crippen LogP contribution in [0.5, 0.6) is 0 Å². The van der Waals surface area contributed by atoms with Crippen molar-refractivity contribution in [1.29, 1.82) is 0 Å². The maximum absolute atomic E-state index is 13.4. The molecule has 4 rings (SSSR count). The Hall–Kier alpha value is -2.72. The molecule has 2 aromatic heterocycles. The lowest BCUT2D eigenvalue weighted by molar-refractivity contribution is -0.122. The molecule has 2 aliphatic heterocycles. The normalized spacial score (nSPS) is 22.0. The zero-order valence-electron chi connectivity index (χ0n) is 18.5. The second kappa shape index (κ2) is 10.5. The third-order valence-corrected chi connectivity index (χ3v) is 5.81. The molecule has 1 N–H and O–H groups in total. The van der Waals surface area contributed by atoms with Crippen molar-refractivity contribution in [3.63, 3.8) is 0 Å². The van der Waals surface area contributed by atoms with E-state index in [1.165, 1.54) is 19.3 Å². The van der Waals surface area contributed by atoms with Crippen LogP contribution in [0.4, 0.5) is 0 Å². The van der Waals surface area contributed by atoms with Crippen LogP contribution in [0.15, 0.2) is 18.6 Å². The standard InChI is InChI=1S/C20H30N6O2.CH2O2/c1-15-17(13-24(3)22-15)20(27)26-9-10-28-18(14-25-7-5-4-6-8-25)19(26)16-11-21-23(2)12-16;2-1-3/h11-13,18-19H,4-10,14H2,1-3H3;1H,(H,2,3)/t18-,19-;/m0./s1. The van der Waals surface area contributed by atoms with Crippen LogP contribution < -0.4 is 0 Å². The average Bonchev–Trinajstić information content (AvgIpc) is 3.33. The van der Waals surface area contributed by atoms with Crippen LogP contribution in [0, 0.1) is 6.92 Å². The highest BCUT2D eigenvalue weighted by Gasteiger charge is 2.39. The molecule has 0 unspecified atom stereocenters. The van der Waals surface area contributed by atoms with E-state index in [-0.39, 0.29) is 24.5 Å². The zero-order chi connectivity index (χ0) is 22.4. The molecule has 0 spiro atoms. The highest BCUT2D eigenvalue weighted by Crippen LogP contribution is 2.32. The molecule has 2 saturated heterocycles. The molecule has 0 bridgehead atoms. The molecule has 4 heterocycles. The molecule has 2 aromatic rings. The summed E-state index contributed by atoms with van der Waals surface area (Å²) in [5.41, 5.74) is 2.45. The molecule has 31 heavy (non-hydrogen) atoms. The number of aromatic nitrogens is 4. The first-order valence-corrected chi connectivity index (χ1v) is 10.7. The molecule has 10 nitrogen and oxygen atoms in total. The summed E-state index contributed by atoms with van der Waals surface area (Å²) < 4.78 is 9.71. The molecule has 0 radical (unpaired) electrons. The first-order chi connectivity index (χ1) is 14.9. The summed E-state index contributed by atoms with van der Waals surface area (Å²) in [6.45, 7) is 5.82. The number of amides is 1. The SMILES string of the molecule is Cc1nn(C)cc1C(=O)N1CCO[C@@H](CN2CCCCC2)[C@@H]1c1cnn(C)c1.O=CO. The fourth-order valence-corrected chi connectivity index (χ4v) is 4.46. The molecule has 2 atom stereocenters. The van der Waals surface area contributed by atoms with E-state index in [0.29, 0.717) is 18.7 Å². The number of carbonyl (C=O) groups excluding carboxylic acids is 1. The summed E-state index contributed by atoms with van der Waals surface area (Å²) in [5.74, 6) is 0.0198. The van der Waals surface area contributed by atoms with Crippen molar-refractivity contribution >= 4 is 12.4 Å². The molecule has 1 amide bonds. The molecular weight excluding hydrogens is 400 g/mol. The smallest absolute Gasteiger partial charge is 0.290 e. The Morgan fingerprint density at radius 2 is 1.90 bits per heavy atom. The fourth-order valence-electron chi connectivity index (χ4n) is 4.46. The molecule has 10 heteroatoms. The van der Waals surface area contributed by atoms with Gasteiger partial charge in [0, 0.05) is 45.1 Å². The first kappa shape index (κ1) is 23.0. The number of hydrogen-bond donors (Lipinski definition) is 1. The van der Waals surface area contributed by atoms with Crippen molar-refractivity contribution in [1.82, 2.24) is 29.4 Å². The lowest BCUT2D eigenvalue weighted by atomic mass is 9.98. The number of nitrogens with zero attached hydrogens (tertiary/aromatic N) is 6. The van der Waals surface area contributed by atoms with Crippen molar-refractivity contribution in [2.45, 2.75) is 38.3 Å². The number of morpholine rings is 1. The van der Waals surface area contributed by atoms with E-state index < -0.39 is 0 Å². The van der Waals surface area contributed by atoms with Crippen molar-refractivity contribution in [2.24, 2.45) is 14.1 Å². The Labute approximate surface area is 182 Å². The summed E-state index contributed by atoms with van der Waals surface area (Å²) >= 11 is 0. The van der Waals surface area contributed by atoms with Gasteiger partial charge >= 0.3 is 0 Å². The minimum Gasteiger partial charge on any atom is -0.483 e. The van der Waals surface area contributed by atoms with E-state index in [9.17, 15) is 4.79 Å². The predicted octanol–water partition coefficient (Wildman–Crippen LogP) is 1.23. The van der Waals surface area contributed by atoms with Gasteiger partial charge in [0.05, 0.1) is 36.2 Å². The van der Waals surface area contributed by atoms with Crippen LogP contribution in [-0.2, 0) is 23.6 Å². The second-order valence-electron chi connectivity index (χ2n) is 8.07. The number of ether oxygens (including phenoxy) is 1. The fraction of sp³-hybridized carbons (Fsp3) is 0.619. The molecular formula is C21H32N6O4. The number of aryl methyl sites for hydroxylation is 3. The second-order valence-corrected chi connectivity index (χ2v) is 8.07. The Bertz CT molecular complexity index is 873. The number of rotatable bonds is 4. The quantitative estimate of drug-likeness (QED) is 0.725. The topological polar surface area (TPSA) is 106 Å². The van der Waals surface area contributed by atoms with Crippen molar-refractivity contribution in [3.8, 4) is 0 Å². The number of carboxylic acid groups (broad SMARTS) is 1. The monoisotopic (exact) mass is 432 g/mol. The molecule has 0 aromatic carbocycles. The van der Waals surface area contributed by atoms with Gasteiger partial charge in [0.1, 0.15) is 0 Å². The van der Waals surface area contributed by atoms with Crippen LogP contribution in [0.25, 0.3) is 0 Å². The predicted molar refractivity (Wildman–Crippen MR) is 114 cm³/mol. The largest absolute Gasteiger partial charge is 0.483 e. The van der Waals surface area contributed by atoms with Gasteiger partial charge in [0.15, 0.2) is 0 Å². The number of carbonyl (C=O) groups is 2. The lowest BCUT2D eigenvalue weighted by Crippen LogP contribution is -2.52. The highest BCUT2D eigenvalue weighted by atomic mass is 16.5. The van der Waals surface area contributed by atoms with Gasteiger partial charge in [-0.15, -0.1) is 0 Å². The van der Waals surface area contributed by atoms with Gasteiger partial charge in [-0.2, -0.15) is 10.2 Å². The zero-order valence-corrected chi connectivity index (χ0v) is 18.5. The van der Waals surface area contributed by atoms with Crippen LogP contribution >= 0.6 is 0 Å². The van der Waals surface area contributed by atoms with E-state index >= 15 is 0 Å². The Morgan fingerprint density at radius 3 is 2.48 bits per heavy atom. The molecule has 2 aliphatic rings. The maximum Gasteiger partial charge on any atom is 0.290 e. The van der Waals surface area contributed by atoms with Crippen molar-refractivity contribution < 1.29 is 19.4 Å². The van der Waals surface area contributed by atoms with Crippen molar-refractivity contribution in [3.05, 3.63) is 35.4 Å². The summed E-state index contributed by atoms with van der Waals surface area (Å²) in [6, 6.07) is -0.142.